The number of hydrogen-bond donors (Lipinski definition) is 2. The van der Waals surface area contributed by atoms with Crippen molar-refractivity contribution in [1.29, 1.82) is 0 Å². The molecule has 116 valence electrons. The molecule has 21 heavy (non-hydrogen) atoms. The summed E-state index contributed by atoms with van der Waals surface area (Å²) in [5.74, 6) is 0.759. The van der Waals surface area contributed by atoms with Gasteiger partial charge in [0.1, 0.15) is 5.75 Å². The predicted octanol–water partition coefficient (Wildman–Crippen LogP) is 1.42. The molecular formula is C15H22N2O4. The number of carbonyl (C=O) groups is 1. The Balaban J connectivity index is 2.14. The van der Waals surface area contributed by atoms with E-state index in [1.54, 1.807) is 7.11 Å². The Hall–Kier alpha value is -1.95. The summed E-state index contributed by atoms with van der Waals surface area (Å²) in [4.78, 5) is 14.7. The van der Waals surface area contributed by atoms with E-state index < -0.39 is 6.09 Å². The van der Waals surface area contributed by atoms with Gasteiger partial charge in [0.2, 0.25) is 0 Å². The molecule has 1 aliphatic heterocycles. The number of hydrogen-bond acceptors (Lipinski definition) is 4. The summed E-state index contributed by atoms with van der Waals surface area (Å²) in [6, 6.07) is 5.86. The topological polar surface area (TPSA) is 73.2 Å². The average molecular weight is 294 g/mol. The van der Waals surface area contributed by atoms with Crippen LogP contribution in [0.15, 0.2) is 18.2 Å². The highest BCUT2D eigenvalue weighted by molar-refractivity contribution is 5.66. The van der Waals surface area contributed by atoms with Crippen LogP contribution in [-0.2, 0) is 6.42 Å². The molecule has 0 radical (unpaired) electrons. The lowest BCUT2D eigenvalue weighted by Crippen LogP contribution is -2.53. The van der Waals surface area contributed by atoms with Crippen LogP contribution < -0.4 is 9.64 Å². The van der Waals surface area contributed by atoms with Crippen molar-refractivity contribution in [1.82, 2.24) is 4.90 Å². The third kappa shape index (κ3) is 3.39. The highest BCUT2D eigenvalue weighted by Crippen LogP contribution is 2.27. The van der Waals surface area contributed by atoms with Gasteiger partial charge in [-0.3, -0.25) is 0 Å². The summed E-state index contributed by atoms with van der Waals surface area (Å²) in [5, 5.41) is 18.2. The maximum Gasteiger partial charge on any atom is 0.407 e. The fourth-order valence-corrected chi connectivity index (χ4v) is 2.73. The van der Waals surface area contributed by atoms with E-state index in [0.29, 0.717) is 26.1 Å². The lowest BCUT2D eigenvalue weighted by Gasteiger charge is -2.39. The highest BCUT2D eigenvalue weighted by atomic mass is 16.5. The Morgan fingerprint density at radius 2 is 2.19 bits per heavy atom. The summed E-state index contributed by atoms with van der Waals surface area (Å²) >= 11 is 0. The third-order valence-electron chi connectivity index (χ3n) is 3.89. The Labute approximate surface area is 124 Å². The fraction of sp³-hybridized carbons (Fsp3) is 0.533. The van der Waals surface area contributed by atoms with E-state index >= 15 is 0 Å². The van der Waals surface area contributed by atoms with Crippen molar-refractivity contribution in [2.75, 3.05) is 38.3 Å². The lowest BCUT2D eigenvalue weighted by atomic mass is 10.1. The van der Waals surface area contributed by atoms with Crippen LogP contribution in [0.3, 0.4) is 0 Å². The molecule has 1 aliphatic rings. The van der Waals surface area contributed by atoms with Crippen LogP contribution >= 0.6 is 0 Å². The van der Waals surface area contributed by atoms with Crippen LogP contribution in [0.4, 0.5) is 10.5 Å². The monoisotopic (exact) mass is 294 g/mol. The maximum atomic E-state index is 11.1. The first-order valence-corrected chi connectivity index (χ1v) is 7.09. The van der Waals surface area contributed by atoms with Gasteiger partial charge in [0.05, 0.1) is 7.11 Å². The number of piperazine rings is 1. The van der Waals surface area contributed by atoms with Crippen LogP contribution in [0.2, 0.25) is 0 Å². The normalized spacial score (nSPS) is 18.7. The van der Waals surface area contributed by atoms with Crippen LogP contribution in [-0.4, -0.2) is 60.6 Å². The molecular weight excluding hydrogens is 272 g/mol. The van der Waals surface area contributed by atoms with Gasteiger partial charge in [-0.05, 0) is 25.0 Å². The average Bonchev–Trinajstić information content (AvgIpc) is 2.47. The van der Waals surface area contributed by atoms with Gasteiger partial charge in [-0.2, -0.15) is 0 Å². The van der Waals surface area contributed by atoms with Crippen molar-refractivity contribution in [2.24, 2.45) is 0 Å². The van der Waals surface area contributed by atoms with Gasteiger partial charge in [0.25, 0.3) is 0 Å². The van der Waals surface area contributed by atoms with E-state index in [4.69, 9.17) is 14.9 Å². The van der Waals surface area contributed by atoms with E-state index in [1.165, 1.54) is 4.90 Å². The van der Waals surface area contributed by atoms with Crippen molar-refractivity contribution >= 4 is 11.8 Å². The molecule has 1 aromatic rings. The number of amides is 1. The zero-order valence-electron chi connectivity index (χ0n) is 12.5. The molecule has 6 heteroatoms. The number of benzene rings is 1. The molecule has 2 N–H and O–H groups in total. The molecule has 1 saturated heterocycles. The molecule has 0 aromatic heterocycles. The van der Waals surface area contributed by atoms with Crippen molar-refractivity contribution in [3.05, 3.63) is 23.8 Å². The van der Waals surface area contributed by atoms with Crippen LogP contribution in [0.25, 0.3) is 0 Å². The van der Waals surface area contributed by atoms with Crippen molar-refractivity contribution in [3.63, 3.8) is 0 Å². The molecule has 6 nitrogen and oxygen atoms in total. The molecule has 1 amide bonds. The first-order valence-electron chi connectivity index (χ1n) is 7.09. The molecule has 1 heterocycles. The van der Waals surface area contributed by atoms with Crippen molar-refractivity contribution < 1.29 is 19.7 Å². The van der Waals surface area contributed by atoms with Gasteiger partial charge >= 0.3 is 6.09 Å². The summed E-state index contributed by atoms with van der Waals surface area (Å²) in [5.41, 5.74) is 1.99. The molecule has 0 bridgehead atoms. The van der Waals surface area contributed by atoms with Crippen molar-refractivity contribution in [2.45, 2.75) is 19.4 Å². The van der Waals surface area contributed by atoms with Gasteiger partial charge in [-0.15, -0.1) is 0 Å². The van der Waals surface area contributed by atoms with E-state index in [9.17, 15) is 4.79 Å². The van der Waals surface area contributed by atoms with E-state index in [2.05, 4.69) is 4.90 Å². The van der Waals surface area contributed by atoms with E-state index in [1.807, 2.05) is 25.1 Å². The first kappa shape index (κ1) is 15.4. The van der Waals surface area contributed by atoms with E-state index in [-0.39, 0.29) is 12.6 Å². The van der Waals surface area contributed by atoms with Crippen LogP contribution in [0.5, 0.6) is 5.75 Å². The van der Waals surface area contributed by atoms with Crippen LogP contribution in [0.1, 0.15) is 12.5 Å². The molecule has 1 atom stereocenters. The summed E-state index contributed by atoms with van der Waals surface area (Å²) in [6.45, 7) is 3.83. The summed E-state index contributed by atoms with van der Waals surface area (Å²) in [6.07, 6.45) is -0.301. The van der Waals surface area contributed by atoms with Gasteiger partial charge in [-0.1, -0.05) is 6.07 Å². The number of ether oxygens (including phenoxy) is 1. The number of nitrogens with zero attached hydrogens (tertiary/aromatic N) is 2. The smallest absolute Gasteiger partial charge is 0.407 e. The number of rotatable bonds is 4. The highest BCUT2D eigenvalue weighted by Gasteiger charge is 2.27. The van der Waals surface area contributed by atoms with Crippen LogP contribution in [0, 0.1) is 0 Å². The minimum absolute atomic E-state index is 0.0423. The van der Waals surface area contributed by atoms with Gasteiger partial charge in [-0.25, -0.2) is 4.79 Å². The molecule has 0 aliphatic carbocycles. The zero-order valence-corrected chi connectivity index (χ0v) is 12.5. The number of methoxy groups -OCH3 is 1. The van der Waals surface area contributed by atoms with E-state index in [0.717, 1.165) is 17.0 Å². The summed E-state index contributed by atoms with van der Waals surface area (Å²) in [7, 11) is 1.62. The summed E-state index contributed by atoms with van der Waals surface area (Å²) < 4.78 is 5.37. The quantitative estimate of drug-likeness (QED) is 0.878. The molecule has 0 saturated carbocycles. The number of anilines is 1. The Bertz CT molecular complexity index is 506. The Morgan fingerprint density at radius 3 is 2.76 bits per heavy atom. The minimum atomic E-state index is -0.863. The minimum Gasteiger partial charge on any atom is -0.496 e. The second-order valence-electron chi connectivity index (χ2n) is 5.24. The predicted molar refractivity (Wildman–Crippen MR) is 80.2 cm³/mol. The van der Waals surface area contributed by atoms with Crippen molar-refractivity contribution in [3.8, 4) is 5.75 Å². The fourth-order valence-electron chi connectivity index (χ4n) is 2.73. The second kappa shape index (κ2) is 6.67. The van der Waals surface area contributed by atoms with Gasteiger partial charge < -0.3 is 24.7 Å². The zero-order chi connectivity index (χ0) is 15.4. The molecule has 1 aromatic carbocycles. The number of aliphatic hydroxyl groups excluding tert-OH is 1. The largest absolute Gasteiger partial charge is 0.496 e. The third-order valence-corrected chi connectivity index (χ3v) is 3.89. The maximum absolute atomic E-state index is 11.1. The standard InChI is InChI=1S/C15H22N2O4/c1-11-10-16(6-7-17(11)15(19)20)13-4-3-12(5-8-18)14(9-13)21-2/h3-4,9,11,18H,5-8,10H2,1-2H3,(H,19,20). The molecule has 1 fully saturated rings. The molecule has 1 unspecified atom stereocenters. The molecule has 0 spiro atoms. The first-order chi connectivity index (χ1) is 10.1. The van der Waals surface area contributed by atoms with Gasteiger partial charge in [0.15, 0.2) is 0 Å². The number of aliphatic hydroxyl groups is 1. The lowest BCUT2D eigenvalue weighted by molar-refractivity contribution is 0.122. The molecule has 2 rings (SSSR count). The number of carboxylic acid groups (broad SMARTS) is 1. The Kier molecular flexibility index (Phi) is 4.90. The second-order valence-corrected chi connectivity index (χ2v) is 5.24. The SMILES string of the molecule is COc1cc(N2CCN(C(=O)O)C(C)C2)ccc1CCO. The van der Waals surface area contributed by atoms with Gasteiger partial charge in [0, 0.05) is 44.0 Å². The Morgan fingerprint density at radius 1 is 1.43 bits per heavy atom.